The fraction of sp³-hybridized carbons (Fsp3) is 0.258. The number of hydrogen-bond donors (Lipinski definition) is 1. The molecule has 5 rings (SSSR count). The van der Waals surface area contributed by atoms with Crippen molar-refractivity contribution in [3.05, 3.63) is 92.3 Å². The Balaban J connectivity index is 1.37. The van der Waals surface area contributed by atoms with Gasteiger partial charge >= 0.3 is 5.97 Å². The molecule has 6 nitrogen and oxygen atoms in total. The van der Waals surface area contributed by atoms with E-state index in [9.17, 15) is 9.59 Å². The van der Waals surface area contributed by atoms with E-state index in [1.165, 1.54) is 24.6 Å². The lowest BCUT2D eigenvalue weighted by Crippen LogP contribution is -2.30. The third-order valence-corrected chi connectivity index (χ3v) is 9.04. The van der Waals surface area contributed by atoms with E-state index in [4.69, 9.17) is 45.3 Å². The van der Waals surface area contributed by atoms with Crippen LogP contribution in [0.5, 0.6) is 5.75 Å². The van der Waals surface area contributed by atoms with Crippen LogP contribution in [0.2, 0.25) is 10.0 Å². The predicted octanol–water partition coefficient (Wildman–Crippen LogP) is 7.28. The van der Waals surface area contributed by atoms with Gasteiger partial charge in [-0.1, -0.05) is 65.4 Å². The molecule has 0 bridgehead atoms. The number of carboxylic acids is 1. The number of benzene rings is 3. The highest BCUT2D eigenvalue weighted by molar-refractivity contribution is 8.26. The van der Waals surface area contributed by atoms with Gasteiger partial charge < -0.3 is 9.84 Å². The molecular weight excluding hydrogens is 599 g/mol. The lowest BCUT2D eigenvalue weighted by molar-refractivity contribution is -0.122. The Labute approximate surface area is 258 Å². The minimum atomic E-state index is -0.972. The number of rotatable bonds is 10. The summed E-state index contributed by atoms with van der Waals surface area (Å²) in [7, 11) is 0. The number of carboxylic acid groups (broad SMARTS) is 1. The van der Waals surface area contributed by atoms with Gasteiger partial charge in [-0.2, -0.15) is 0 Å². The van der Waals surface area contributed by atoms with Gasteiger partial charge in [-0.3, -0.25) is 14.6 Å². The first-order valence-corrected chi connectivity index (χ1v) is 15.3. The summed E-state index contributed by atoms with van der Waals surface area (Å²) in [5.41, 5.74) is 3.55. The van der Waals surface area contributed by atoms with Crippen molar-refractivity contribution in [2.75, 3.05) is 32.8 Å². The fourth-order valence-corrected chi connectivity index (χ4v) is 6.56. The summed E-state index contributed by atoms with van der Waals surface area (Å²) in [6.45, 7) is 3.96. The van der Waals surface area contributed by atoms with E-state index < -0.39 is 5.97 Å². The second-order valence-electron chi connectivity index (χ2n) is 9.86. The average molecular weight is 628 g/mol. The summed E-state index contributed by atoms with van der Waals surface area (Å²) in [5.74, 6) is -0.467. The molecule has 0 aromatic heterocycles. The van der Waals surface area contributed by atoms with Crippen molar-refractivity contribution in [1.29, 1.82) is 0 Å². The average Bonchev–Trinajstić information content (AvgIpc) is 3.57. The topological polar surface area (TPSA) is 70.1 Å². The van der Waals surface area contributed by atoms with Gasteiger partial charge in [-0.05, 0) is 92.0 Å². The van der Waals surface area contributed by atoms with E-state index in [-0.39, 0.29) is 11.5 Å². The highest BCUT2D eigenvalue weighted by Gasteiger charge is 2.32. The first-order valence-electron chi connectivity index (χ1n) is 13.3. The van der Waals surface area contributed by atoms with Crippen molar-refractivity contribution in [2.24, 2.45) is 0 Å². The standard InChI is InChI=1S/C31H28Cl2N2O4S2/c32-24-8-9-26(33)25(19-24)22-7-10-27(39-16-15-34-12-1-2-13-34)23(17-22)18-28-29(36)35(31(40)41-28)14-11-20-3-5-21(6-4-20)30(37)38/h3-10,17-19H,1-2,11-16H2,(H,37,38). The van der Waals surface area contributed by atoms with Gasteiger partial charge in [-0.25, -0.2) is 4.79 Å². The van der Waals surface area contributed by atoms with Gasteiger partial charge in [0.2, 0.25) is 0 Å². The predicted molar refractivity (Wildman–Crippen MR) is 170 cm³/mol. The molecule has 3 aromatic carbocycles. The number of carbonyl (C=O) groups excluding carboxylic acids is 1. The summed E-state index contributed by atoms with van der Waals surface area (Å²) in [4.78, 5) is 29.0. The van der Waals surface area contributed by atoms with Crippen LogP contribution in [0.1, 0.15) is 34.3 Å². The molecule has 41 heavy (non-hydrogen) atoms. The number of halogens is 2. The Morgan fingerprint density at radius 3 is 2.51 bits per heavy atom. The van der Waals surface area contributed by atoms with Crippen LogP contribution in [0.15, 0.2) is 65.6 Å². The van der Waals surface area contributed by atoms with Gasteiger partial charge in [0.25, 0.3) is 5.91 Å². The normalized spacial score (nSPS) is 16.6. The molecule has 2 heterocycles. The second kappa shape index (κ2) is 13.4. The monoisotopic (exact) mass is 626 g/mol. The second-order valence-corrected chi connectivity index (χ2v) is 12.4. The number of hydrogen-bond acceptors (Lipinski definition) is 6. The number of thiocarbonyl (C=S) groups is 1. The van der Waals surface area contributed by atoms with Crippen LogP contribution in [-0.2, 0) is 11.2 Å². The number of thioether (sulfide) groups is 1. The van der Waals surface area contributed by atoms with E-state index in [0.717, 1.165) is 41.9 Å². The summed E-state index contributed by atoms with van der Waals surface area (Å²) >= 11 is 19.6. The Morgan fingerprint density at radius 2 is 1.78 bits per heavy atom. The molecule has 0 saturated carbocycles. The number of nitrogens with zero attached hydrogens (tertiary/aromatic N) is 2. The summed E-state index contributed by atoms with van der Waals surface area (Å²) in [6.07, 6.45) is 4.81. The van der Waals surface area contributed by atoms with E-state index >= 15 is 0 Å². The van der Waals surface area contributed by atoms with E-state index in [1.807, 2.05) is 30.3 Å². The first kappa shape index (κ1) is 29.6. The molecule has 1 amide bonds. The van der Waals surface area contributed by atoms with E-state index in [2.05, 4.69) is 4.90 Å². The third kappa shape index (κ3) is 7.31. The van der Waals surface area contributed by atoms with Crippen LogP contribution >= 0.6 is 47.2 Å². The zero-order valence-corrected chi connectivity index (χ0v) is 25.3. The van der Waals surface area contributed by atoms with Crippen molar-refractivity contribution in [2.45, 2.75) is 19.3 Å². The molecule has 0 aliphatic carbocycles. The van der Waals surface area contributed by atoms with Crippen molar-refractivity contribution in [1.82, 2.24) is 9.80 Å². The Hall–Kier alpha value is -2.88. The molecule has 0 unspecified atom stereocenters. The zero-order valence-electron chi connectivity index (χ0n) is 22.1. The van der Waals surface area contributed by atoms with Crippen LogP contribution in [0.3, 0.4) is 0 Å². The number of likely N-dealkylation sites (tertiary alicyclic amines) is 1. The van der Waals surface area contributed by atoms with Gasteiger partial charge in [0.05, 0.1) is 10.5 Å². The summed E-state index contributed by atoms with van der Waals surface area (Å²) in [6, 6.07) is 17.8. The zero-order chi connectivity index (χ0) is 28.9. The van der Waals surface area contributed by atoms with Gasteiger partial charge in [0.1, 0.15) is 16.7 Å². The van der Waals surface area contributed by atoms with Gasteiger partial charge in [0.15, 0.2) is 0 Å². The molecule has 0 radical (unpaired) electrons. The quantitative estimate of drug-likeness (QED) is 0.187. The van der Waals surface area contributed by atoms with Crippen LogP contribution in [0.4, 0.5) is 0 Å². The largest absolute Gasteiger partial charge is 0.492 e. The van der Waals surface area contributed by atoms with Gasteiger partial charge in [0, 0.05) is 34.3 Å². The first-order chi connectivity index (χ1) is 19.8. The molecule has 212 valence electrons. The Bertz CT molecular complexity index is 1500. The van der Waals surface area contributed by atoms with Crippen molar-refractivity contribution in [3.8, 4) is 16.9 Å². The molecular formula is C31H28Cl2N2O4S2. The number of amides is 1. The van der Waals surface area contributed by atoms with E-state index in [0.29, 0.717) is 44.6 Å². The van der Waals surface area contributed by atoms with Crippen LogP contribution in [0.25, 0.3) is 17.2 Å². The highest BCUT2D eigenvalue weighted by atomic mass is 35.5. The van der Waals surface area contributed by atoms with Crippen molar-refractivity contribution < 1.29 is 19.4 Å². The van der Waals surface area contributed by atoms with E-state index in [1.54, 1.807) is 41.3 Å². The van der Waals surface area contributed by atoms with Crippen molar-refractivity contribution >= 4 is 69.5 Å². The fourth-order valence-electron chi connectivity index (χ4n) is 4.86. The number of ether oxygens (including phenoxy) is 1. The number of carbonyl (C=O) groups is 2. The molecule has 0 spiro atoms. The molecule has 2 saturated heterocycles. The molecule has 3 aromatic rings. The number of aromatic carboxylic acids is 1. The van der Waals surface area contributed by atoms with Crippen LogP contribution < -0.4 is 4.74 Å². The molecule has 2 fully saturated rings. The van der Waals surface area contributed by atoms with Crippen LogP contribution in [0, 0.1) is 0 Å². The minimum absolute atomic E-state index is 0.170. The maximum absolute atomic E-state index is 13.4. The summed E-state index contributed by atoms with van der Waals surface area (Å²) < 4.78 is 6.70. The van der Waals surface area contributed by atoms with Crippen molar-refractivity contribution in [3.63, 3.8) is 0 Å². The lowest BCUT2D eigenvalue weighted by atomic mass is 10.0. The maximum Gasteiger partial charge on any atom is 0.335 e. The smallest absolute Gasteiger partial charge is 0.335 e. The Kier molecular flexibility index (Phi) is 9.68. The highest BCUT2D eigenvalue weighted by Crippen LogP contribution is 2.37. The minimum Gasteiger partial charge on any atom is -0.492 e. The molecule has 2 aliphatic heterocycles. The third-order valence-electron chi connectivity index (χ3n) is 7.10. The molecule has 1 N–H and O–H groups in total. The molecule has 10 heteroatoms. The Morgan fingerprint density at radius 1 is 1.02 bits per heavy atom. The lowest BCUT2D eigenvalue weighted by Gasteiger charge is -2.17. The summed E-state index contributed by atoms with van der Waals surface area (Å²) in [5, 5.41) is 10.3. The van der Waals surface area contributed by atoms with Gasteiger partial charge in [-0.15, -0.1) is 0 Å². The molecule has 2 aliphatic rings. The van der Waals surface area contributed by atoms with Crippen LogP contribution in [-0.4, -0.2) is 63.9 Å². The molecule has 0 atom stereocenters. The SMILES string of the molecule is O=C(O)c1ccc(CCN2C(=O)C(=Cc3cc(-c4cc(Cl)ccc4Cl)ccc3OCCN3CCCC3)SC2=S)cc1. The maximum atomic E-state index is 13.4.